The highest BCUT2D eigenvalue weighted by atomic mass is 19.1. The number of aliphatic hydroxyl groups is 1. The predicted molar refractivity (Wildman–Crippen MR) is 83.5 cm³/mol. The topological polar surface area (TPSA) is 71.5 Å². The van der Waals surface area contributed by atoms with Crippen molar-refractivity contribution in [3.8, 4) is 5.75 Å². The number of ether oxygens (including phenoxy) is 1. The van der Waals surface area contributed by atoms with Gasteiger partial charge in [0, 0.05) is 25.4 Å². The molecule has 6 heteroatoms. The molecule has 0 aliphatic rings. The molecule has 0 saturated carbocycles. The first kappa shape index (κ1) is 16.9. The number of halogens is 1. The van der Waals surface area contributed by atoms with Gasteiger partial charge in [-0.2, -0.15) is 0 Å². The molecule has 1 aromatic carbocycles. The van der Waals surface area contributed by atoms with Crippen LogP contribution in [-0.4, -0.2) is 35.3 Å². The molecule has 1 amide bonds. The number of rotatable bonds is 8. The number of aromatic nitrogens is 1. The Morgan fingerprint density at radius 2 is 2.09 bits per heavy atom. The molecule has 2 N–H and O–H groups in total. The molecule has 1 atom stereocenters. The molecule has 1 unspecified atom stereocenters. The van der Waals surface area contributed by atoms with Crippen LogP contribution in [0.2, 0.25) is 0 Å². The summed E-state index contributed by atoms with van der Waals surface area (Å²) >= 11 is 0. The Bertz CT molecular complexity index is 605. The number of amides is 1. The van der Waals surface area contributed by atoms with Gasteiger partial charge in [0.1, 0.15) is 24.3 Å². The van der Waals surface area contributed by atoms with Crippen LogP contribution in [0.25, 0.3) is 0 Å². The van der Waals surface area contributed by atoms with E-state index in [9.17, 15) is 14.3 Å². The molecule has 1 aromatic heterocycles. The number of aryl methyl sites for hydroxylation is 1. The minimum absolute atomic E-state index is 0.0223. The zero-order valence-corrected chi connectivity index (χ0v) is 12.6. The zero-order valence-electron chi connectivity index (χ0n) is 12.6. The van der Waals surface area contributed by atoms with Crippen molar-refractivity contribution in [3.05, 3.63) is 60.2 Å². The lowest BCUT2D eigenvalue weighted by Gasteiger charge is -2.13. The van der Waals surface area contributed by atoms with Crippen LogP contribution in [0.15, 0.2) is 48.8 Å². The standard InChI is InChI=1S/C17H19FN2O3/c18-14-4-6-16(7-5-14)23-12-15(21)11-20-17(22)8-3-13-2-1-9-19-10-13/h1-2,4-7,9-10,15,21H,3,8,11-12H2,(H,20,22). The molecule has 5 nitrogen and oxygen atoms in total. The Kier molecular flexibility index (Phi) is 6.50. The highest BCUT2D eigenvalue weighted by Gasteiger charge is 2.08. The van der Waals surface area contributed by atoms with Crippen molar-refractivity contribution < 1.29 is 19.0 Å². The van der Waals surface area contributed by atoms with E-state index in [0.717, 1.165) is 5.56 Å². The van der Waals surface area contributed by atoms with Gasteiger partial charge in [0.2, 0.25) is 5.91 Å². The number of pyridine rings is 1. The van der Waals surface area contributed by atoms with E-state index in [0.29, 0.717) is 18.6 Å². The van der Waals surface area contributed by atoms with E-state index in [1.165, 1.54) is 24.3 Å². The zero-order chi connectivity index (χ0) is 16.5. The van der Waals surface area contributed by atoms with Crippen LogP contribution in [0, 0.1) is 5.82 Å². The van der Waals surface area contributed by atoms with Crippen molar-refractivity contribution >= 4 is 5.91 Å². The van der Waals surface area contributed by atoms with Gasteiger partial charge < -0.3 is 15.2 Å². The van der Waals surface area contributed by atoms with Gasteiger partial charge in [-0.25, -0.2) is 4.39 Å². The van der Waals surface area contributed by atoms with Gasteiger partial charge in [0.15, 0.2) is 0 Å². The Morgan fingerprint density at radius 1 is 1.30 bits per heavy atom. The summed E-state index contributed by atoms with van der Waals surface area (Å²) in [4.78, 5) is 15.7. The number of aliphatic hydroxyl groups excluding tert-OH is 1. The fourth-order valence-electron chi connectivity index (χ4n) is 1.91. The van der Waals surface area contributed by atoms with Gasteiger partial charge in [-0.1, -0.05) is 6.07 Å². The summed E-state index contributed by atoms with van der Waals surface area (Å²) < 4.78 is 18.0. The Morgan fingerprint density at radius 3 is 2.78 bits per heavy atom. The largest absolute Gasteiger partial charge is 0.491 e. The molecule has 23 heavy (non-hydrogen) atoms. The summed E-state index contributed by atoms with van der Waals surface area (Å²) in [5.41, 5.74) is 0.989. The van der Waals surface area contributed by atoms with Crippen LogP contribution in [0.5, 0.6) is 5.75 Å². The first-order chi connectivity index (χ1) is 11.1. The number of carbonyl (C=O) groups excluding carboxylic acids is 1. The number of nitrogens with zero attached hydrogens (tertiary/aromatic N) is 1. The van der Waals surface area contributed by atoms with Crippen LogP contribution >= 0.6 is 0 Å². The maximum Gasteiger partial charge on any atom is 0.220 e. The van der Waals surface area contributed by atoms with E-state index in [4.69, 9.17) is 4.74 Å². The van der Waals surface area contributed by atoms with Gasteiger partial charge >= 0.3 is 0 Å². The van der Waals surface area contributed by atoms with Crippen LogP contribution in [0.1, 0.15) is 12.0 Å². The van der Waals surface area contributed by atoms with Crippen molar-refractivity contribution in [2.24, 2.45) is 0 Å². The molecule has 1 heterocycles. The van der Waals surface area contributed by atoms with E-state index in [1.807, 2.05) is 12.1 Å². The summed E-state index contributed by atoms with van der Waals surface area (Å²) in [6.45, 7) is 0.127. The molecular weight excluding hydrogens is 299 g/mol. The Hall–Kier alpha value is -2.47. The highest BCUT2D eigenvalue weighted by molar-refractivity contribution is 5.76. The van der Waals surface area contributed by atoms with Gasteiger partial charge in [-0.15, -0.1) is 0 Å². The number of hydrogen-bond donors (Lipinski definition) is 2. The third kappa shape index (κ3) is 6.44. The molecule has 0 radical (unpaired) electrons. The van der Waals surface area contributed by atoms with Crippen LogP contribution in [0.3, 0.4) is 0 Å². The second-order valence-electron chi connectivity index (χ2n) is 5.08. The second kappa shape index (κ2) is 8.85. The molecule has 0 fully saturated rings. The van der Waals surface area contributed by atoms with E-state index in [-0.39, 0.29) is 24.9 Å². The molecule has 0 aliphatic heterocycles. The Balaban J connectivity index is 1.62. The van der Waals surface area contributed by atoms with Gasteiger partial charge in [-0.05, 0) is 42.3 Å². The minimum atomic E-state index is -0.831. The van der Waals surface area contributed by atoms with Crippen molar-refractivity contribution in [1.82, 2.24) is 10.3 Å². The average Bonchev–Trinajstić information content (AvgIpc) is 2.58. The first-order valence-corrected chi connectivity index (χ1v) is 7.35. The Labute approximate surface area is 134 Å². The van der Waals surface area contributed by atoms with Gasteiger partial charge in [0.05, 0.1) is 0 Å². The summed E-state index contributed by atoms with van der Waals surface area (Å²) in [6.07, 6.45) is 3.50. The van der Waals surface area contributed by atoms with E-state index >= 15 is 0 Å². The number of hydrogen-bond acceptors (Lipinski definition) is 4. The average molecular weight is 318 g/mol. The van der Waals surface area contributed by atoms with Crippen LogP contribution in [-0.2, 0) is 11.2 Å². The van der Waals surface area contributed by atoms with Gasteiger partial charge in [-0.3, -0.25) is 9.78 Å². The molecule has 2 aromatic rings. The predicted octanol–water partition coefficient (Wildman–Crippen LogP) is 1.71. The maximum absolute atomic E-state index is 12.7. The van der Waals surface area contributed by atoms with Crippen molar-refractivity contribution in [2.75, 3.05) is 13.2 Å². The highest BCUT2D eigenvalue weighted by Crippen LogP contribution is 2.11. The van der Waals surface area contributed by atoms with Crippen molar-refractivity contribution in [1.29, 1.82) is 0 Å². The van der Waals surface area contributed by atoms with E-state index in [1.54, 1.807) is 12.4 Å². The number of carbonyl (C=O) groups is 1. The minimum Gasteiger partial charge on any atom is -0.491 e. The maximum atomic E-state index is 12.7. The van der Waals surface area contributed by atoms with Crippen LogP contribution < -0.4 is 10.1 Å². The lowest BCUT2D eigenvalue weighted by atomic mass is 10.1. The normalized spacial score (nSPS) is 11.7. The SMILES string of the molecule is O=C(CCc1cccnc1)NCC(O)COc1ccc(F)cc1. The number of benzene rings is 1. The first-order valence-electron chi connectivity index (χ1n) is 7.35. The molecule has 0 aliphatic carbocycles. The summed E-state index contributed by atoms with van der Waals surface area (Å²) in [5.74, 6) is -0.0261. The lowest BCUT2D eigenvalue weighted by molar-refractivity contribution is -0.121. The van der Waals surface area contributed by atoms with Crippen molar-refractivity contribution in [2.45, 2.75) is 18.9 Å². The third-order valence-electron chi connectivity index (χ3n) is 3.15. The molecule has 2 rings (SSSR count). The molecule has 0 spiro atoms. The molecule has 122 valence electrons. The van der Waals surface area contributed by atoms with E-state index < -0.39 is 6.10 Å². The quantitative estimate of drug-likeness (QED) is 0.777. The van der Waals surface area contributed by atoms with Gasteiger partial charge in [0.25, 0.3) is 0 Å². The fourth-order valence-corrected chi connectivity index (χ4v) is 1.91. The fraction of sp³-hybridized carbons (Fsp3) is 0.294. The smallest absolute Gasteiger partial charge is 0.220 e. The summed E-state index contributed by atoms with van der Waals surface area (Å²) in [5, 5.41) is 12.4. The lowest BCUT2D eigenvalue weighted by Crippen LogP contribution is -2.35. The summed E-state index contributed by atoms with van der Waals surface area (Å²) in [6, 6.07) is 9.25. The molecular formula is C17H19FN2O3. The van der Waals surface area contributed by atoms with Crippen LogP contribution in [0.4, 0.5) is 4.39 Å². The third-order valence-corrected chi connectivity index (χ3v) is 3.15. The monoisotopic (exact) mass is 318 g/mol. The molecule has 0 saturated heterocycles. The van der Waals surface area contributed by atoms with E-state index in [2.05, 4.69) is 10.3 Å². The molecule has 0 bridgehead atoms. The summed E-state index contributed by atoms with van der Waals surface area (Å²) in [7, 11) is 0. The second-order valence-corrected chi connectivity index (χ2v) is 5.08. The van der Waals surface area contributed by atoms with Crippen molar-refractivity contribution in [3.63, 3.8) is 0 Å². The number of nitrogens with one attached hydrogen (secondary N) is 1.